The number of nitrogens with one attached hydrogen (secondary N) is 2. The first kappa shape index (κ1) is 30.7. The Morgan fingerprint density at radius 1 is 0.956 bits per heavy atom. The van der Waals surface area contributed by atoms with Gasteiger partial charge in [-0.2, -0.15) is 0 Å². The normalized spacial score (nSPS) is 22.9. The number of carbonyl (C=O) groups is 3. The Morgan fingerprint density at radius 3 is 2.22 bits per heavy atom. The second kappa shape index (κ2) is 11.2. The first-order valence-electron chi connectivity index (χ1n) is 15.7. The van der Waals surface area contributed by atoms with Crippen LogP contribution in [0.25, 0.3) is 22.1 Å². The van der Waals surface area contributed by atoms with Crippen molar-refractivity contribution in [1.29, 1.82) is 0 Å². The molecular weight excluding hydrogens is 572 g/mol. The topological polar surface area (TPSA) is 158 Å². The molecule has 8 bridgehead atoms. The van der Waals surface area contributed by atoms with Crippen LogP contribution < -0.4 is 0 Å². The molecule has 45 heavy (non-hydrogen) atoms. The molecule has 3 aromatic heterocycles. The Morgan fingerprint density at radius 2 is 1.58 bits per heavy atom. The van der Waals surface area contributed by atoms with E-state index in [1.807, 2.05) is 39.0 Å². The van der Waals surface area contributed by atoms with Gasteiger partial charge in [0.25, 0.3) is 0 Å². The van der Waals surface area contributed by atoms with Gasteiger partial charge >= 0.3 is 11.9 Å². The van der Waals surface area contributed by atoms with Gasteiger partial charge in [-0.3, -0.25) is 24.4 Å². The number of aromatic amines is 2. The zero-order chi connectivity index (χ0) is 32.5. The summed E-state index contributed by atoms with van der Waals surface area (Å²) in [6.45, 7) is 11.8. The maximum absolute atomic E-state index is 14.0. The van der Waals surface area contributed by atoms with Crippen molar-refractivity contribution in [3.05, 3.63) is 68.8 Å². The number of nitrogens with zero attached hydrogens (tertiary/aromatic N) is 2. The monoisotopic (exact) mass is 612 g/mol. The molecule has 5 heterocycles. The number of carboxylic acid groups (broad SMARTS) is 1. The molecule has 10 heteroatoms. The number of Topliss-reactive ketones (excluding diaryl/α,β-unsaturated/α-hetero) is 1. The van der Waals surface area contributed by atoms with Crippen LogP contribution >= 0.6 is 0 Å². The standard InChI is InChI=1S/C35H40N4O6/c1-8-19-14(2)21-13-26-28(18(6)40)16(4)23(37-26)11-22-15(3)20(9-10-27(41)42)32(38-22)30-31(35(44)45-7)34(43)29-17(5)24(39-33(29)30)12-25(19)36-21/h11-15,18-20,31,37,39-40H,8-10H2,1-7H3,(H,41,42)/t14-,15+,18?,19-,20+,31-/m1/s1. The number of aryl methyl sites for hydroxylation is 2. The van der Waals surface area contributed by atoms with Crippen LogP contribution in [0.2, 0.25) is 0 Å². The van der Waals surface area contributed by atoms with Crippen molar-refractivity contribution in [3.63, 3.8) is 0 Å². The highest BCUT2D eigenvalue weighted by molar-refractivity contribution is 6.23. The lowest BCUT2D eigenvalue weighted by atomic mass is 9.84. The van der Waals surface area contributed by atoms with Crippen LogP contribution in [0.15, 0.2) is 18.2 Å². The number of hydrogen-bond acceptors (Lipinski definition) is 7. The Balaban J connectivity index is 1.80. The molecular formula is C35H40N4O6. The molecule has 2 aliphatic heterocycles. The molecule has 0 saturated carbocycles. The summed E-state index contributed by atoms with van der Waals surface area (Å²) in [5.41, 5.74) is 9.09. The maximum Gasteiger partial charge on any atom is 0.321 e. The van der Waals surface area contributed by atoms with E-state index in [0.29, 0.717) is 28.0 Å². The van der Waals surface area contributed by atoms with Gasteiger partial charge in [0.15, 0.2) is 5.78 Å². The van der Waals surface area contributed by atoms with E-state index in [0.717, 1.165) is 51.0 Å². The van der Waals surface area contributed by atoms with Crippen molar-refractivity contribution in [2.45, 2.75) is 96.5 Å². The maximum atomic E-state index is 14.0. The highest BCUT2D eigenvalue weighted by Gasteiger charge is 2.45. The molecule has 6 atom stereocenters. The number of H-pyrrole nitrogens is 2. The minimum Gasteiger partial charge on any atom is -0.481 e. The van der Waals surface area contributed by atoms with E-state index in [4.69, 9.17) is 14.7 Å². The summed E-state index contributed by atoms with van der Waals surface area (Å²) >= 11 is 0. The number of ether oxygens (including phenoxy) is 1. The lowest BCUT2D eigenvalue weighted by Crippen LogP contribution is -2.21. The Bertz CT molecular complexity index is 1920. The molecule has 1 aliphatic carbocycles. The third kappa shape index (κ3) is 4.77. The van der Waals surface area contributed by atoms with E-state index >= 15 is 0 Å². The number of aliphatic hydroxyl groups excluding tert-OH is 1. The van der Waals surface area contributed by atoms with E-state index in [2.05, 4.69) is 23.8 Å². The third-order valence-electron chi connectivity index (χ3n) is 10.2. The highest BCUT2D eigenvalue weighted by atomic mass is 16.5. The lowest BCUT2D eigenvalue weighted by Gasteiger charge is -2.18. The van der Waals surface area contributed by atoms with Crippen LogP contribution in [0, 0.1) is 13.8 Å². The van der Waals surface area contributed by atoms with Crippen LogP contribution in [0.1, 0.15) is 138 Å². The molecule has 3 aliphatic rings. The van der Waals surface area contributed by atoms with Crippen molar-refractivity contribution >= 4 is 39.8 Å². The number of hydrogen-bond donors (Lipinski definition) is 4. The fourth-order valence-electron chi connectivity index (χ4n) is 7.72. The average Bonchev–Trinajstić information content (AvgIpc) is 3.72. The first-order chi connectivity index (χ1) is 21.4. The fraction of sp³-hybridized carbons (Fsp3) is 0.457. The lowest BCUT2D eigenvalue weighted by molar-refractivity contribution is -0.141. The average molecular weight is 613 g/mol. The molecule has 0 radical (unpaired) electrons. The van der Waals surface area contributed by atoms with E-state index < -0.39 is 24.0 Å². The van der Waals surface area contributed by atoms with Crippen LogP contribution in [-0.4, -0.2) is 55.0 Å². The summed E-state index contributed by atoms with van der Waals surface area (Å²) in [6.07, 6.45) is 0.304. The molecule has 0 amide bonds. The summed E-state index contributed by atoms with van der Waals surface area (Å²) in [5.74, 6) is -3.49. The molecule has 4 N–H and O–H groups in total. The molecule has 0 aromatic carbocycles. The van der Waals surface area contributed by atoms with Gasteiger partial charge in [-0.25, -0.2) is 0 Å². The molecule has 6 rings (SSSR count). The van der Waals surface area contributed by atoms with E-state index in [-0.39, 0.29) is 42.3 Å². The predicted octanol–water partition coefficient (Wildman–Crippen LogP) is 6.49. The van der Waals surface area contributed by atoms with Gasteiger partial charge in [0, 0.05) is 80.4 Å². The van der Waals surface area contributed by atoms with Crippen molar-refractivity contribution in [2.24, 2.45) is 0 Å². The number of aliphatic hydroxyl groups is 1. The van der Waals surface area contributed by atoms with Gasteiger partial charge in [-0.15, -0.1) is 0 Å². The number of aliphatic carboxylic acids is 1. The van der Waals surface area contributed by atoms with Crippen LogP contribution in [0.3, 0.4) is 0 Å². The molecule has 10 nitrogen and oxygen atoms in total. The molecule has 1 unspecified atom stereocenters. The number of rotatable bonds is 6. The third-order valence-corrected chi connectivity index (χ3v) is 10.2. The number of ketones is 1. The number of aromatic nitrogens is 4. The van der Waals surface area contributed by atoms with Crippen LogP contribution in [0.5, 0.6) is 0 Å². The van der Waals surface area contributed by atoms with Crippen molar-refractivity contribution in [2.75, 3.05) is 7.11 Å². The second-order valence-electron chi connectivity index (χ2n) is 12.8. The zero-order valence-electron chi connectivity index (χ0n) is 26.7. The second-order valence-corrected chi connectivity index (χ2v) is 12.8. The smallest absolute Gasteiger partial charge is 0.321 e. The van der Waals surface area contributed by atoms with E-state index in [9.17, 15) is 24.6 Å². The van der Waals surface area contributed by atoms with Gasteiger partial charge in [0.1, 0.15) is 5.92 Å². The quantitative estimate of drug-likeness (QED) is 0.182. The predicted molar refractivity (Wildman–Crippen MR) is 170 cm³/mol. The minimum absolute atomic E-state index is 0.0943. The summed E-state index contributed by atoms with van der Waals surface area (Å²) in [6, 6.07) is 5.96. The van der Waals surface area contributed by atoms with Gasteiger partial charge in [0.2, 0.25) is 0 Å². The SMILES string of the molecule is CC[C@H]1c2cc3[nH]c4c(c3C)C(=O)[C@H](C(=O)OC)c4c3nc(cc4[nH]c(cc(n2)[C@@H]1C)c(C(C)O)c4C)[C@@H](C)[C@@H]3CCC(=O)O. The van der Waals surface area contributed by atoms with Crippen molar-refractivity contribution in [3.8, 4) is 0 Å². The molecule has 236 valence electrons. The number of methoxy groups -OCH3 is 1. The van der Waals surface area contributed by atoms with E-state index in [1.165, 1.54) is 7.11 Å². The Hall–Kier alpha value is -4.31. The summed E-state index contributed by atoms with van der Waals surface area (Å²) in [4.78, 5) is 56.1. The van der Waals surface area contributed by atoms with Gasteiger partial charge in [-0.05, 0) is 62.9 Å². The van der Waals surface area contributed by atoms with Crippen molar-refractivity contribution in [1.82, 2.24) is 19.9 Å². The Labute approximate surface area is 261 Å². The molecule has 0 saturated heterocycles. The van der Waals surface area contributed by atoms with Gasteiger partial charge < -0.3 is 24.9 Å². The Kier molecular flexibility index (Phi) is 7.67. The molecule has 3 aromatic rings. The van der Waals surface area contributed by atoms with Crippen LogP contribution in [0.4, 0.5) is 0 Å². The van der Waals surface area contributed by atoms with Crippen molar-refractivity contribution < 1.29 is 29.3 Å². The van der Waals surface area contributed by atoms with Gasteiger partial charge in [0.05, 0.1) is 24.4 Å². The minimum atomic E-state index is -1.21. The van der Waals surface area contributed by atoms with Gasteiger partial charge in [-0.1, -0.05) is 20.8 Å². The summed E-state index contributed by atoms with van der Waals surface area (Å²) in [5, 5.41) is 20.5. The highest BCUT2D eigenvalue weighted by Crippen LogP contribution is 2.48. The van der Waals surface area contributed by atoms with E-state index in [1.54, 1.807) is 6.92 Å². The fourth-order valence-corrected chi connectivity index (χ4v) is 7.72. The first-order valence-corrected chi connectivity index (χ1v) is 15.7. The largest absolute Gasteiger partial charge is 0.481 e. The summed E-state index contributed by atoms with van der Waals surface area (Å²) < 4.78 is 5.13. The number of esters is 1. The molecule has 0 spiro atoms. The number of carbonyl (C=O) groups excluding carboxylic acids is 2. The summed E-state index contributed by atoms with van der Waals surface area (Å²) in [7, 11) is 1.26. The van der Waals surface area contributed by atoms with Crippen LogP contribution in [-0.2, 0) is 14.3 Å². The zero-order valence-corrected chi connectivity index (χ0v) is 26.7. The molecule has 0 fully saturated rings. The number of carboxylic acids is 1. The number of fused-ring (bicyclic) bond motifs is 8.